The Bertz CT molecular complexity index is 1020. The van der Waals surface area contributed by atoms with Crippen LogP contribution in [0.4, 0.5) is 5.69 Å². The summed E-state index contributed by atoms with van der Waals surface area (Å²) in [5, 5.41) is 12.6. The number of carbonyl (C=O) groups is 1. The molecule has 1 amide bonds. The number of amides is 1. The van der Waals surface area contributed by atoms with E-state index in [2.05, 4.69) is 5.32 Å². The average molecular weight is 385 g/mol. The Kier molecular flexibility index (Phi) is 5.13. The van der Waals surface area contributed by atoms with Crippen LogP contribution in [0.3, 0.4) is 0 Å². The number of ether oxygens (including phenoxy) is 1. The summed E-state index contributed by atoms with van der Waals surface area (Å²) >= 11 is 0. The zero-order valence-electron chi connectivity index (χ0n) is 13.0. The number of hydrogen-bond acceptors (Lipinski definition) is 6. The first-order valence-corrected chi connectivity index (χ1v) is 9.76. The Balaban J connectivity index is 2.29. The van der Waals surface area contributed by atoms with E-state index in [9.17, 15) is 21.6 Å². The third-order valence-corrected chi connectivity index (χ3v) is 5.03. The van der Waals surface area contributed by atoms with E-state index in [-0.39, 0.29) is 26.8 Å². The molecule has 0 unspecified atom stereocenters. The number of rotatable bonds is 5. The maximum absolute atomic E-state index is 12.2. The molecule has 9 nitrogen and oxygen atoms in total. The van der Waals surface area contributed by atoms with Crippen molar-refractivity contribution in [2.75, 3.05) is 12.4 Å². The molecule has 5 N–H and O–H groups in total. The summed E-state index contributed by atoms with van der Waals surface area (Å²) in [4.78, 5) is 11.8. The molecular weight excluding hydrogens is 370 g/mol. The highest BCUT2D eigenvalue weighted by molar-refractivity contribution is 7.89. The highest BCUT2D eigenvalue weighted by atomic mass is 32.2. The van der Waals surface area contributed by atoms with Crippen LogP contribution in [0.2, 0.25) is 0 Å². The smallest absolute Gasteiger partial charge is 0.255 e. The molecule has 0 atom stereocenters. The summed E-state index contributed by atoms with van der Waals surface area (Å²) in [5.74, 6) is -0.537. The minimum atomic E-state index is -4.05. The van der Waals surface area contributed by atoms with Gasteiger partial charge in [0.15, 0.2) is 0 Å². The number of hydrogen-bond donors (Lipinski definition) is 3. The molecule has 0 saturated heterocycles. The minimum absolute atomic E-state index is 0.0398. The third-order valence-electron chi connectivity index (χ3n) is 3.17. The monoisotopic (exact) mass is 385 g/mol. The fraction of sp³-hybridized carbons (Fsp3) is 0.0714. The Labute approximate surface area is 144 Å². The van der Waals surface area contributed by atoms with Gasteiger partial charge in [0, 0.05) is 11.3 Å². The van der Waals surface area contributed by atoms with Crippen molar-refractivity contribution in [1.29, 1.82) is 0 Å². The van der Waals surface area contributed by atoms with E-state index in [1.54, 1.807) is 0 Å². The fourth-order valence-corrected chi connectivity index (χ4v) is 3.21. The average Bonchev–Trinajstić information content (AvgIpc) is 2.53. The highest BCUT2D eigenvalue weighted by Gasteiger charge is 2.17. The van der Waals surface area contributed by atoms with Crippen LogP contribution in [-0.2, 0) is 20.0 Å². The minimum Gasteiger partial charge on any atom is -0.495 e. The Morgan fingerprint density at radius 1 is 0.960 bits per heavy atom. The predicted octanol–water partition coefficient (Wildman–Crippen LogP) is 0.242. The topological polar surface area (TPSA) is 159 Å². The normalized spacial score (nSPS) is 11.8. The first-order valence-electron chi connectivity index (χ1n) is 6.67. The maximum atomic E-state index is 12.2. The van der Waals surface area contributed by atoms with Gasteiger partial charge in [-0.2, -0.15) is 0 Å². The fourth-order valence-electron chi connectivity index (χ4n) is 1.98. The van der Waals surface area contributed by atoms with Crippen LogP contribution in [-0.4, -0.2) is 29.9 Å². The van der Waals surface area contributed by atoms with Crippen LogP contribution in [0.25, 0.3) is 0 Å². The maximum Gasteiger partial charge on any atom is 0.255 e. The first-order chi connectivity index (χ1) is 11.5. The summed E-state index contributed by atoms with van der Waals surface area (Å²) < 4.78 is 50.4. The molecule has 0 aromatic heterocycles. The molecule has 0 spiro atoms. The number of primary sulfonamides is 2. The zero-order valence-corrected chi connectivity index (χ0v) is 14.6. The summed E-state index contributed by atoms with van der Waals surface area (Å²) in [6.45, 7) is 0. The summed E-state index contributed by atoms with van der Waals surface area (Å²) in [7, 11) is -6.62. The second kappa shape index (κ2) is 6.80. The standard InChI is InChI=1S/C14H15N3O6S2/c1-23-12-7-4-10(8-13(12)25(16,21)22)17-14(18)9-2-5-11(6-3-9)24(15,19)20/h2-8H,1H3,(H,17,18)(H2,15,19,20)(H2,16,21,22). The van der Waals surface area contributed by atoms with Crippen LogP contribution < -0.4 is 20.3 Å². The van der Waals surface area contributed by atoms with Gasteiger partial charge < -0.3 is 10.1 Å². The van der Waals surface area contributed by atoms with E-state index in [4.69, 9.17) is 15.0 Å². The van der Waals surface area contributed by atoms with Crippen LogP contribution in [0, 0.1) is 0 Å². The van der Waals surface area contributed by atoms with E-state index in [0.717, 1.165) is 6.07 Å². The molecule has 0 fully saturated rings. The van der Waals surface area contributed by atoms with E-state index in [1.807, 2.05) is 0 Å². The van der Waals surface area contributed by atoms with Crippen molar-refractivity contribution in [2.45, 2.75) is 9.79 Å². The van der Waals surface area contributed by atoms with Gasteiger partial charge in [-0.1, -0.05) is 0 Å². The molecule has 25 heavy (non-hydrogen) atoms. The number of methoxy groups -OCH3 is 1. The molecular formula is C14H15N3O6S2. The molecule has 2 aromatic rings. The molecule has 0 aliphatic carbocycles. The molecule has 134 valence electrons. The van der Waals surface area contributed by atoms with Gasteiger partial charge >= 0.3 is 0 Å². The quantitative estimate of drug-likeness (QED) is 0.668. The van der Waals surface area contributed by atoms with Crippen molar-refractivity contribution in [3.63, 3.8) is 0 Å². The Morgan fingerprint density at radius 3 is 2.04 bits per heavy atom. The molecule has 0 saturated carbocycles. The van der Waals surface area contributed by atoms with Crippen LogP contribution in [0.1, 0.15) is 10.4 Å². The van der Waals surface area contributed by atoms with Crippen molar-refractivity contribution in [2.24, 2.45) is 10.3 Å². The van der Waals surface area contributed by atoms with Gasteiger partial charge in [0.2, 0.25) is 20.0 Å². The lowest BCUT2D eigenvalue weighted by Gasteiger charge is -2.10. The number of benzene rings is 2. The molecule has 0 aliphatic heterocycles. The first kappa shape index (κ1) is 18.9. The van der Waals surface area contributed by atoms with E-state index >= 15 is 0 Å². The number of carbonyl (C=O) groups excluding carboxylic acids is 1. The molecule has 0 aliphatic rings. The largest absolute Gasteiger partial charge is 0.495 e. The molecule has 0 heterocycles. The Hall–Kier alpha value is -2.47. The lowest BCUT2D eigenvalue weighted by Crippen LogP contribution is -2.16. The number of anilines is 1. The second-order valence-electron chi connectivity index (χ2n) is 4.93. The van der Waals surface area contributed by atoms with E-state index < -0.39 is 26.0 Å². The van der Waals surface area contributed by atoms with Crippen molar-refractivity contribution in [3.05, 3.63) is 48.0 Å². The summed E-state index contributed by atoms with van der Waals surface area (Å²) in [6.07, 6.45) is 0. The predicted molar refractivity (Wildman–Crippen MR) is 90.1 cm³/mol. The van der Waals surface area contributed by atoms with Crippen molar-refractivity contribution in [3.8, 4) is 5.75 Å². The summed E-state index contributed by atoms with van der Waals surface area (Å²) in [6, 6.07) is 8.87. The number of nitrogens with two attached hydrogens (primary N) is 2. The molecule has 0 radical (unpaired) electrons. The van der Waals surface area contributed by atoms with Crippen molar-refractivity contribution in [1.82, 2.24) is 0 Å². The van der Waals surface area contributed by atoms with Crippen LogP contribution in [0.15, 0.2) is 52.3 Å². The van der Waals surface area contributed by atoms with Crippen molar-refractivity contribution < 1.29 is 26.4 Å². The van der Waals surface area contributed by atoms with E-state index in [0.29, 0.717) is 0 Å². The van der Waals surface area contributed by atoms with Gasteiger partial charge in [-0.05, 0) is 42.5 Å². The van der Waals surface area contributed by atoms with Gasteiger partial charge in [-0.15, -0.1) is 0 Å². The van der Waals surface area contributed by atoms with Gasteiger partial charge in [-0.3, -0.25) is 4.79 Å². The lowest BCUT2D eigenvalue weighted by molar-refractivity contribution is 0.102. The molecule has 2 rings (SSSR count). The highest BCUT2D eigenvalue weighted by Crippen LogP contribution is 2.26. The number of sulfonamides is 2. The van der Waals surface area contributed by atoms with Crippen LogP contribution in [0.5, 0.6) is 5.75 Å². The number of nitrogens with one attached hydrogen (secondary N) is 1. The van der Waals surface area contributed by atoms with Crippen LogP contribution >= 0.6 is 0 Å². The van der Waals surface area contributed by atoms with Gasteiger partial charge in [0.05, 0.1) is 12.0 Å². The second-order valence-corrected chi connectivity index (χ2v) is 8.03. The Morgan fingerprint density at radius 2 is 1.56 bits per heavy atom. The van der Waals surface area contributed by atoms with E-state index in [1.165, 1.54) is 43.5 Å². The van der Waals surface area contributed by atoms with Gasteiger partial charge in [0.25, 0.3) is 5.91 Å². The van der Waals surface area contributed by atoms with Gasteiger partial charge in [0.1, 0.15) is 10.6 Å². The molecule has 2 aromatic carbocycles. The molecule has 0 bridgehead atoms. The molecule has 11 heteroatoms. The zero-order chi connectivity index (χ0) is 18.8. The summed E-state index contributed by atoms with van der Waals surface area (Å²) in [5.41, 5.74) is 0.325. The van der Waals surface area contributed by atoms with Gasteiger partial charge in [-0.25, -0.2) is 27.1 Å². The lowest BCUT2D eigenvalue weighted by atomic mass is 10.2. The third kappa shape index (κ3) is 4.54. The van der Waals surface area contributed by atoms with Crippen molar-refractivity contribution >= 4 is 31.6 Å². The SMILES string of the molecule is COc1ccc(NC(=O)c2ccc(S(N)(=O)=O)cc2)cc1S(N)(=O)=O.